The van der Waals surface area contributed by atoms with Crippen LogP contribution in [-0.4, -0.2) is 45.8 Å². The molecule has 1 heterocycles. The molecule has 108 valence electrons. The molecular formula is C12H12BrFN2O4. The molecule has 0 radical (unpaired) electrons. The van der Waals surface area contributed by atoms with Gasteiger partial charge in [-0.2, -0.15) is 0 Å². The van der Waals surface area contributed by atoms with Gasteiger partial charge in [-0.25, -0.2) is 14.0 Å². The molecule has 6 nitrogen and oxygen atoms in total. The largest absolute Gasteiger partial charge is 0.480 e. The lowest BCUT2D eigenvalue weighted by Gasteiger charge is -2.21. The summed E-state index contributed by atoms with van der Waals surface area (Å²) < 4.78 is 14.1. The minimum Gasteiger partial charge on any atom is -0.480 e. The molecule has 20 heavy (non-hydrogen) atoms. The van der Waals surface area contributed by atoms with Crippen LogP contribution in [0, 0.1) is 5.82 Å². The molecule has 0 unspecified atom stereocenters. The van der Waals surface area contributed by atoms with Crippen LogP contribution in [0.1, 0.15) is 6.42 Å². The first kappa shape index (κ1) is 14.7. The molecule has 0 saturated carbocycles. The summed E-state index contributed by atoms with van der Waals surface area (Å²) in [6.45, 7) is -0.0988. The molecule has 0 bridgehead atoms. The number of hydrogen-bond donors (Lipinski definition) is 3. The number of nitrogens with one attached hydrogen (secondary N) is 1. The van der Waals surface area contributed by atoms with Crippen LogP contribution in [0.15, 0.2) is 22.7 Å². The number of aliphatic hydroxyl groups is 1. The van der Waals surface area contributed by atoms with Crippen molar-refractivity contribution in [3.05, 3.63) is 28.5 Å². The maximum Gasteiger partial charge on any atom is 0.326 e. The minimum absolute atomic E-state index is 0.0380. The van der Waals surface area contributed by atoms with Gasteiger partial charge in [0, 0.05) is 17.4 Å². The number of urea groups is 1. The fraction of sp³-hybridized carbons (Fsp3) is 0.333. The number of halogens is 2. The van der Waals surface area contributed by atoms with E-state index in [1.54, 1.807) is 0 Å². The van der Waals surface area contributed by atoms with Gasteiger partial charge in [-0.3, -0.25) is 0 Å². The van der Waals surface area contributed by atoms with Crippen molar-refractivity contribution in [3.8, 4) is 0 Å². The first-order chi connectivity index (χ1) is 9.38. The standard InChI is InChI=1S/C12H12BrFN2O4/c13-6-1-2-8(14)9(3-6)15-12(20)16-5-7(17)4-10(16)11(18)19/h1-3,7,10,17H,4-5H2,(H,15,20)(H,18,19)/t7-,10-/m1/s1. The third-order valence-corrected chi connectivity index (χ3v) is 3.49. The predicted molar refractivity (Wildman–Crippen MR) is 71.9 cm³/mol. The lowest BCUT2D eigenvalue weighted by Crippen LogP contribution is -2.43. The van der Waals surface area contributed by atoms with Crippen molar-refractivity contribution in [3.63, 3.8) is 0 Å². The highest BCUT2D eigenvalue weighted by Crippen LogP contribution is 2.23. The van der Waals surface area contributed by atoms with E-state index in [9.17, 15) is 19.1 Å². The molecule has 3 N–H and O–H groups in total. The first-order valence-electron chi connectivity index (χ1n) is 5.82. The molecule has 1 aromatic carbocycles. The van der Waals surface area contributed by atoms with Gasteiger partial charge in [-0.15, -0.1) is 0 Å². The predicted octanol–water partition coefficient (Wildman–Crippen LogP) is 1.64. The molecule has 1 aliphatic heterocycles. The number of anilines is 1. The summed E-state index contributed by atoms with van der Waals surface area (Å²) in [5, 5.41) is 20.8. The van der Waals surface area contributed by atoms with E-state index in [2.05, 4.69) is 21.2 Å². The number of β-amino-alcohol motifs (C(OH)–C–C–N with tert-alkyl or cyclic N) is 1. The maximum atomic E-state index is 13.5. The number of rotatable bonds is 2. The van der Waals surface area contributed by atoms with Crippen LogP contribution < -0.4 is 5.32 Å². The van der Waals surface area contributed by atoms with Crippen molar-refractivity contribution >= 4 is 33.6 Å². The van der Waals surface area contributed by atoms with Gasteiger partial charge >= 0.3 is 12.0 Å². The van der Waals surface area contributed by atoms with Gasteiger partial charge in [0.05, 0.1) is 11.8 Å². The second-order valence-electron chi connectivity index (χ2n) is 4.45. The van der Waals surface area contributed by atoms with Crippen molar-refractivity contribution in [1.29, 1.82) is 0 Å². The molecule has 8 heteroatoms. The number of hydrogen-bond acceptors (Lipinski definition) is 3. The summed E-state index contributed by atoms with van der Waals surface area (Å²) in [6, 6.07) is 2.15. The zero-order valence-electron chi connectivity index (χ0n) is 10.2. The number of amides is 2. The molecular weight excluding hydrogens is 335 g/mol. The normalized spacial score (nSPS) is 21.9. The Balaban J connectivity index is 2.15. The number of nitrogens with zero attached hydrogens (tertiary/aromatic N) is 1. The number of likely N-dealkylation sites (tertiary alicyclic amines) is 1. The SMILES string of the molecule is O=C(O)[C@H]1C[C@@H](O)CN1C(=O)Nc1cc(Br)ccc1F. The Hall–Kier alpha value is -1.67. The van der Waals surface area contributed by atoms with Gasteiger partial charge in [-0.1, -0.05) is 15.9 Å². The lowest BCUT2D eigenvalue weighted by atomic mass is 10.2. The Morgan fingerprint density at radius 3 is 2.80 bits per heavy atom. The third kappa shape index (κ3) is 3.07. The fourth-order valence-corrected chi connectivity index (χ4v) is 2.41. The monoisotopic (exact) mass is 346 g/mol. The molecule has 0 aromatic heterocycles. The van der Waals surface area contributed by atoms with E-state index >= 15 is 0 Å². The molecule has 2 atom stereocenters. The highest BCUT2D eigenvalue weighted by atomic mass is 79.9. The molecule has 2 rings (SSSR count). The summed E-state index contributed by atoms with van der Waals surface area (Å²) in [5.74, 6) is -1.83. The Morgan fingerprint density at radius 2 is 2.15 bits per heavy atom. The minimum atomic E-state index is -1.20. The molecule has 1 aliphatic rings. The van der Waals surface area contributed by atoms with Crippen LogP contribution in [0.3, 0.4) is 0 Å². The second kappa shape index (κ2) is 5.76. The quantitative estimate of drug-likeness (QED) is 0.759. The smallest absolute Gasteiger partial charge is 0.326 e. The Morgan fingerprint density at radius 1 is 1.45 bits per heavy atom. The zero-order valence-corrected chi connectivity index (χ0v) is 11.8. The van der Waals surface area contributed by atoms with Gasteiger partial charge in [0.15, 0.2) is 0 Å². The number of carboxylic acids is 1. The molecule has 2 amide bonds. The number of carboxylic acid groups (broad SMARTS) is 1. The Kier molecular flexibility index (Phi) is 4.24. The third-order valence-electron chi connectivity index (χ3n) is 2.99. The average molecular weight is 347 g/mol. The van der Waals surface area contributed by atoms with E-state index in [1.165, 1.54) is 18.2 Å². The first-order valence-corrected chi connectivity index (χ1v) is 6.61. The number of benzene rings is 1. The summed E-state index contributed by atoms with van der Waals surface area (Å²) >= 11 is 3.15. The van der Waals surface area contributed by atoms with Crippen LogP contribution in [0.5, 0.6) is 0 Å². The van der Waals surface area contributed by atoms with Gasteiger partial charge in [0.2, 0.25) is 0 Å². The Bertz CT molecular complexity index is 554. The number of aliphatic carboxylic acids is 1. The van der Waals surface area contributed by atoms with Crippen LogP contribution in [0.2, 0.25) is 0 Å². The Labute approximate surface area is 122 Å². The topological polar surface area (TPSA) is 89.9 Å². The van der Waals surface area contributed by atoms with Crippen molar-refractivity contribution < 1.29 is 24.2 Å². The van der Waals surface area contributed by atoms with Gasteiger partial charge in [0.25, 0.3) is 0 Å². The van der Waals surface area contributed by atoms with Crippen LogP contribution in [0.25, 0.3) is 0 Å². The van der Waals surface area contributed by atoms with Gasteiger partial charge in [-0.05, 0) is 18.2 Å². The number of carbonyl (C=O) groups excluding carboxylic acids is 1. The molecule has 1 saturated heterocycles. The van der Waals surface area contributed by atoms with Crippen LogP contribution in [-0.2, 0) is 4.79 Å². The van der Waals surface area contributed by atoms with E-state index < -0.39 is 30.0 Å². The summed E-state index contributed by atoms with van der Waals surface area (Å²) in [6.07, 6.45) is -0.932. The number of carbonyl (C=O) groups is 2. The molecule has 0 aliphatic carbocycles. The number of aliphatic hydroxyl groups excluding tert-OH is 1. The van der Waals surface area contributed by atoms with E-state index in [0.29, 0.717) is 4.47 Å². The summed E-state index contributed by atoms with van der Waals surface area (Å²) in [7, 11) is 0. The van der Waals surface area contributed by atoms with E-state index in [4.69, 9.17) is 5.11 Å². The van der Waals surface area contributed by atoms with Crippen molar-refractivity contribution in [2.45, 2.75) is 18.6 Å². The zero-order chi connectivity index (χ0) is 14.9. The van der Waals surface area contributed by atoms with Gasteiger partial charge in [0.1, 0.15) is 11.9 Å². The summed E-state index contributed by atoms with van der Waals surface area (Å²) in [4.78, 5) is 24.0. The molecule has 1 fully saturated rings. The van der Waals surface area contributed by atoms with Crippen LogP contribution >= 0.6 is 15.9 Å². The van der Waals surface area contributed by atoms with E-state index in [-0.39, 0.29) is 18.7 Å². The van der Waals surface area contributed by atoms with E-state index in [1.807, 2.05) is 0 Å². The van der Waals surface area contributed by atoms with Crippen molar-refractivity contribution in [2.75, 3.05) is 11.9 Å². The van der Waals surface area contributed by atoms with Crippen molar-refractivity contribution in [1.82, 2.24) is 4.90 Å². The van der Waals surface area contributed by atoms with Gasteiger partial charge < -0.3 is 20.4 Å². The highest BCUT2D eigenvalue weighted by Gasteiger charge is 2.39. The van der Waals surface area contributed by atoms with Crippen LogP contribution in [0.4, 0.5) is 14.9 Å². The fourth-order valence-electron chi connectivity index (χ4n) is 2.05. The summed E-state index contributed by atoms with van der Waals surface area (Å²) in [5.41, 5.74) is -0.0603. The maximum absolute atomic E-state index is 13.5. The lowest BCUT2D eigenvalue weighted by molar-refractivity contribution is -0.141. The van der Waals surface area contributed by atoms with E-state index in [0.717, 1.165) is 4.90 Å². The highest BCUT2D eigenvalue weighted by molar-refractivity contribution is 9.10. The average Bonchev–Trinajstić information content (AvgIpc) is 2.76. The molecule has 1 aromatic rings. The van der Waals surface area contributed by atoms with Crippen molar-refractivity contribution in [2.24, 2.45) is 0 Å². The second-order valence-corrected chi connectivity index (χ2v) is 5.37. The molecule has 0 spiro atoms.